The molecule has 3 rings (SSSR count). The van der Waals surface area contributed by atoms with Crippen molar-refractivity contribution < 1.29 is 13.9 Å². The summed E-state index contributed by atoms with van der Waals surface area (Å²) in [5, 5.41) is 4.28. The van der Waals surface area contributed by atoms with E-state index in [-0.39, 0.29) is 5.76 Å². The Morgan fingerprint density at radius 1 is 1.33 bits per heavy atom. The molecule has 21 heavy (non-hydrogen) atoms. The lowest BCUT2D eigenvalue weighted by atomic mass is 10.2. The molecular weight excluding hydrogens is 268 g/mol. The quantitative estimate of drug-likeness (QED) is 0.876. The SMILES string of the molecule is CCCOC(=O)c1cc2cc(N3CCNCC3)ccc2o1. The molecule has 0 bridgehead atoms. The van der Waals surface area contributed by atoms with Gasteiger partial charge in [0.2, 0.25) is 5.76 Å². The Morgan fingerprint density at radius 3 is 2.90 bits per heavy atom. The molecule has 1 aliphatic rings. The summed E-state index contributed by atoms with van der Waals surface area (Å²) in [7, 11) is 0. The van der Waals surface area contributed by atoms with Crippen LogP contribution in [0.3, 0.4) is 0 Å². The highest BCUT2D eigenvalue weighted by atomic mass is 16.5. The van der Waals surface area contributed by atoms with Crippen LogP contribution in [0.15, 0.2) is 28.7 Å². The van der Waals surface area contributed by atoms with E-state index in [0.717, 1.165) is 43.6 Å². The van der Waals surface area contributed by atoms with Gasteiger partial charge in [-0.1, -0.05) is 6.92 Å². The highest BCUT2D eigenvalue weighted by Crippen LogP contribution is 2.25. The summed E-state index contributed by atoms with van der Waals surface area (Å²) in [6, 6.07) is 7.79. The van der Waals surface area contributed by atoms with Gasteiger partial charge < -0.3 is 19.4 Å². The summed E-state index contributed by atoms with van der Waals surface area (Å²) < 4.78 is 10.7. The lowest BCUT2D eigenvalue weighted by molar-refractivity contribution is 0.0471. The second-order valence-electron chi connectivity index (χ2n) is 5.21. The van der Waals surface area contributed by atoms with E-state index in [1.165, 1.54) is 5.69 Å². The molecule has 0 saturated carbocycles. The molecule has 2 heterocycles. The number of ether oxygens (including phenoxy) is 1. The number of esters is 1. The van der Waals surface area contributed by atoms with Crippen molar-refractivity contribution in [1.29, 1.82) is 0 Å². The first-order valence-corrected chi connectivity index (χ1v) is 7.44. The van der Waals surface area contributed by atoms with Crippen LogP contribution < -0.4 is 10.2 Å². The van der Waals surface area contributed by atoms with Gasteiger partial charge in [0.15, 0.2) is 0 Å². The predicted molar refractivity (Wildman–Crippen MR) is 81.9 cm³/mol. The zero-order valence-corrected chi connectivity index (χ0v) is 12.2. The van der Waals surface area contributed by atoms with Crippen LogP contribution in [-0.4, -0.2) is 38.8 Å². The first kappa shape index (κ1) is 13.9. The van der Waals surface area contributed by atoms with Crippen molar-refractivity contribution >= 4 is 22.6 Å². The number of hydrogen-bond acceptors (Lipinski definition) is 5. The van der Waals surface area contributed by atoms with E-state index in [1.54, 1.807) is 6.07 Å². The molecule has 5 nitrogen and oxygen atoms in total. The second-order valence-corrected chi connectivity index (χ2v) is 5.21. The maximum absolute atomic E-state index is 11.8. The number of carbonyl (C=O) groups is 1. The minimum Gasteiger partial charge on any atom is -0.460 e. The van der Waals surface area contributed by atoms with Gasteiger partial charge >= 0.3 is 5.97 Å². The Kier molecular flexibility index (Phi) is 4.10. The maximum atomic E-state index is 11.8. The van der Waals surface area contributed by atoms with E-state index < -0.39 is 5.97 Å². The van der Waals surface area contributed by atoms with Gasteiger partial charge in [0.1, 0.15) is 5.58 Å². The molecule has 1 aliphatic heterocycles. The van der Waals surface area contributed by atoms with Gasteiger partial charge in [-0.15, -0.1) is 0 Å². The molecule has 1 aromatic heterocycles. The second kappa shape index (κ2) is 6.18. The largest absolute Gasteiger partial charge is 0.460 e. The minimum absolute atomic E-state index is 0.274. The standard InChI is InChI=1S/C16H20N2O3/c1-2-9-20-16(19)15-11-12-10-13(3-4-14(12)21-15)18-7-5-17-6-8-18/h3-4,10-11,17H,2,5-9H2,1H3. The third-order valence-electron chi connectivity index (χ3n) is 3.62. The molecule has 2 aromatic rings. The van der Waals surface area contributed by atoms with Crippen molar-refractivity contribution in [3.63, 3.8) is 0 Å². The summed E-state index contributed by atoms with van der Waals surface area (Å²) in [5.74, 6) is -0.118. The van der Waals surface area contributed by atoms with E-state index in [2.05, 4.69) is 16.3 Å². The fourth-order valence-corrected chi connectivity index (χ4v) is 2.52. The summed E-state index contributed by atoms with van der Waals surface area (Å²) in [6.45, 7) is 6.37. The van der Waals surface area contributed by atoms with Crippen LogP contribution >= 0.6 is 0 Å². The Labute approximate surface area is 123 Å². The molecule has 1 saturated heterocycles. The number of anilines is 1. The number of nitrogens with one attached hydrogen (secondary N) is 1. The number of carbonyl (C=O) groups excluding carboxylic acids is 1. The monoisotopic (exact) mass is 288 g/mol. The van der Waals surface area contributed by atoms with Crippen molar-refractivity contribution in [3.05, 3.63) is 30.0 Å². The fourth-order valence-electron chi connectivity index (χ4n) is 2.52. The van der Waals surface area contributed by atoms with Crippen molar-refractivity contribution in [2.75, 3.05) is 37.7 Å². The maximum Gasteiger partial charge on any atom is 0.374 e. The van der Waals surface area contributed by atoms with Gasteiger partial charge in [-0.05, 0) is 30.7 Å². The van der Waals surface area contributed by atoms with Crippen LogP contribution in [-0.2, 0) is 4.74 Å². The Balaban J connectivity index is 1.82. The zero-order valence-electron chi connectivity index (χ0n) is 12.2. The van der Waals surface area contributed by atoms with E-state index >= 15 is 0 Å². The van der Waals surface area contributed by atoms with Gasteiger partial charge in [0, 0.05) is 37.3 Å². The normalized spacial score (nSPS) is 15.4. The van der Waals surface area contributed by atoms with Gasteiger partial charge in [-0.25, -0.2) is 4.79 Å². The molecule has 0 amide bonds. The van der Waals surface area contributed by atoms with Crippen LogP contribution in [0, 0.1) is 0 Å². The van der Waals surface area contributed by atoms with E-state index in [1.807, 2.05) is 19.1 Å². The molecule has 1 fully saturated rings. The molecule has 0 radical (unpaired) electrons. The average Bonchev–Trinajstić information content (AvgIpc) is 2.96. The zero-order chi connectivity index (χ0) is 14.7. The minimum atomic E-state index is -0.392. The van der Waals surface area contributed by atoms with Gasteiger partial charge in [-0.3, -0.25) is 0 Å². The number of rotatable bonds is 4. The summed E-state index contributed by atoms with van der Waals surface area (Å²) >= 11 is 0. The molecular formula is C16H20N2O3. The molecule has 1 N–H and O–H groups in total. The summed E-state index contributed by atoms with van der Waals surface area (Å²) in [6.07, 6.45) is 0.805. The highest BCUT2D eigenvalue weighted by molar-refractivity contribution is 5.93. The Bertz CT molecular complexity index is 629. The summed E-state index contributed by atoms with van der Waals surface area (Å²) in [5.41, 5.74) is 1.88. The number of nitrogens with zero attached hydrogens (tertiary/aromatic N) is 1. The van der Waals surface area contributed by atoms with Crippen molar-refractivity contribution in [2.45, 2.75) is 13.3 Å². The van der Waals surface area contributed by atoms with E-state index in [0.29, 0.717) is 6.61 Å². The first-order chi connectivity index (χ1) is 10.3. The topological polar surface area (TPSA) is 54.7 Å². The molecule has 0 spiro atoms. The molecule has 5 heteroatoms. The number of benzene rings is 1. The third kappa shape index (κ3) is 3.03. The Hall–Kier alpha value is -2.01. The van der Waals surface area contributed by atoms with Crippen LogP contribution in [0.2, 0.25) is 0 Å². The lowest BCUT2D eigenvalue weighted by Crippen LogP contribution is -2.43. The number of fused-ring (bicyclic) bond motifs is 1. The molecule has 0 atom stereocenters. The van der Waals surface area contributed by atoms with Crippen LogP contribution in [0.4, 0.5) is 5.69 Å². The molecule has 0 aliphatic carbocycles. The third-order valence-corrected chi connectivity index (χ3v) is 3.62. The van der Waals surface area contributed by atoms with E-state index in [4.69, 9.17) is 9.15 Å². The van der Waals surface area contributed by atoms with Crippen LogP contribution in [0.1, 0.15) is 23.9 Å². The van der Waals surface area contributed by atoms with Crippen LogP contribution in [0.25, 0.3) is 11.0 Å². The van der Waals surface area contributed by atoms with Crippen molar-refractivity contribution in [1.82, 2.24) is 5.32 Å². The average molecular weight is 288 g/mol. The fraction of sp³-hybridized carbons (Fsp3) is 0.438. The smallest absolute Gasteiger partial charge is 0.374 e. The molecule has 0 unspecified atom stereocenters. The Morgan fingerprint density at radius 2 is 2.14 bits per heavy atom. The number of hydrogen-bond donors (Lipinski definition) is 1. The van der Waals surface area contributed by atoms with Gasteiger partial charge in [-0.2, -0.15) is 0 Å². The highest BCUT2D eigenvalue weighted by Gasteiger charge is 2.15. The van der Waals surface area contributed by atoms with Crippen molar-refractivity contribution in [2.24, 2.45) is 0 Å². The predicted octanol–water partition coefficient (Wildman–Crippen LogP) is 2.41. The van der Waals surface area contributed by atoms with Crippen molar-refractivity contribution in [3.8, 4) is 0 Å². The lowest BCUT2D eigenvalue weighted by Gasteiger charge is -2.29. The van der Waals surface area contributed by atoms with E-state index in [9.17, 15) is 4.79 Å². The van der Waals surface area contributed by atoms with Gasteiger partial charge in [0.05, 0.1) is 6.61 Å². The van der Waals surface area contributed by atoms with Crippen LogP contribution in [0.5, 0.6) is 0 Å². The van der Waals surface area contributed by atoms with Gasteiger partial charge in [0.25, 0.3) is 0 Å². The summed E-state index contributed by atoms with van der Waals surface area (Å²) in [4.78, 5) is 14.2. The number of piperazine rings is 1. The molecule has 1 aromatic carbocycles. The first-order valence-electron chi connectivity index (χ1n) is 7.44. The molecule has 112 valence electrons. The number of furan rings is 1.